The molecule has 0 atom stereocenters. The number of rotatable bonds is 7. The van der Waals surface area contributed by atoms with Gasteiger partial charge in [-0.3, -0.25) is 4.79 Å². The summed E-state index contributed by atoms with van der Waals surface area (Å²) >= 11 is 0. The summed E-state index contributed by atoms with van der Waals surface area (Å²) in [6, 6.07) is 11.1. The van der Waals surface area contributed by atoms with Gasteiger partial charge in [0.15, 0.2) is 11.6 Å². The Balaban J connectivity index is 1.65. The maximum absolute atomic E-state index is 12.6. The number of carbonyl (C=O) groups excluding carboxylic acids is 1. The molecule has 0 unspecified atom stereocenters. The number of anilines is 1. The number of hydrogen-bond acceptors (Lipinski definition) is 4. The molecular weight excluding hydrogens is 328 g/mol. The number of hydrogen-bond donors (Lipinski definition) is 1. The predicted molar refractivity (Wildman–Crippen MR) is 101 cm³/mol. The van der Waals surface area contributed by atoms with Crippen LogP contribution in [0, 0.1) is 5.92 Å². The molecule has 138 valence electrons. The average Bonchev–Trinajstić information content (AvgIpc) is 2.68. The van der Waals surface area contributed by atoms with Gasteiger partial charge in [0.1, 0.15) is 0 Å². The second kappa shape index (κ2) is 9.34. The second-order valence-corrected chi connectivity index (χ2v) is 6.75. The Hall–Kier alpha value is -2.40. The van der Waals surface area contributed by atoms with E-state index < -0.39 is 0 Å². The molecule has 1 N–H and O–H groups in total. The molecule has 1 heterocycles. The molecule has 0 aliphatic heterocycles. The minimum atomic E-state index is -0.204. The van der Waals surface area contributed by atoms with Crippen LogP contribution in [0.3, 0.4) is 0 Å². The minimum Gasteiger partial charge on any atom is -0.489 e. The molecule has 1 aliphatic carbocycles. The van der Waals surface area contributed by atoms with Gasteiger partial charge in [0.25, 0.3) is 5.91 Å². The molecule has 1 aromatic carbocycles. The zero-order valence-corrected chi connectivity index (χ0v) is 15.2. The van der Waals surface area contributed by atoms with Crippen LogP contribution < -0.4 is 10.1 Å². The smallest absolute Gasteiger partial charge is 0.256 e. The molecule has 1 aliphatic rings. The van der Waals surface area contributed by atoms with E-state index in [2.05, 4.69) is 10.3 Å². The second-order valence-electron chi connectivity index (χ2n) is 6.75. The van der Waals surface area contributed by atoms with E-state index in [1.807, 2.05) is 30.3 Å². The first-order valence-electron chi connectivity index (χ1n) is 9.23. The van der Waals surface area contributed by atoms with Crippen LogP contribution in [0.5, 0.6) is 5.75 Å². The molecule has 0 saturated heterocycles. The molecule has 5 nitrogen and oxygen atoms in total. The van der Waals surface area contributed by atoms with Gasteiger partial charge in [-0.05, 0) is 48.6 Å². The lowest BCUT2D eigenvalue weighted by Gasteiger charge is -2.22. The monoisotopic (exact) mass is 354 g/mol. The van der Waals surface area contributed by atoms with Gasteiger partial charge in [0, 0.05) is 18.9 Å². The van der Waals surface area contributed by atoms with E-state index in [9.17, 15) is 4.79 Å². The van der Waals surface area contributed by atoms with Gasteiger partial charge in [-0.15, -0.1) is 0 Å². The van der Waals surface area contributed by atoms with Crippen LogP contribution in [-0.4, -0.2) is 24.6 Å². The predicted octanol–water partition coefficient (Wildman–Crippen LogP) is 4.44. The number of amides is 1. The maximum atomic E-state index is 12.6. The summed E-state index contributed by atoms with van der Waals surface area (Å²) < 4.78 is 11.1. The van der Waals surface area contributed by atoms with E-state index in [0.717, 1.165) is 5.56 Å². The molecule has 2 aromatic rings. The van der Waals surface area contributed by atoms with Gasteiger partial charge < -0.3 is 14.8 Å². The summed E-state index contributed by atoms with van der Waals surface area (Å²) in [6.07, 6.45) is 7.98. The van der Waals surface area contributed by atoms with Gasteiger partial charge >= 0.3 is 0 Å². The number of aromatic nitrogens is 1. The summed E-state index contributed by atoms with van der Waals surface area (Å²) in [7, 11) is 1.64. The van der Waals surface area contributed by atoms with Crippen molar-refractivity contribution in [3.05, 3.63) is 53.7 Å². The lowest BCUT2D eigenvalue weighted by atomic mass is 9.90. The summed E-state index contributed by atoms with van der Waals surface area (Å²) in [4.78, 5) is 16.9. The van der Waals surface area contributed by atoms with Crippen molar-refractivity contribution in [1.29, 1.82) is 0 Å². The normalized spacial score (nSPS) is 14.8. The maximum Gasteiger partial charge on any atom is 0.256 e. The number of carbonyl (C=O) groups is 1. The Morgan fingerprint density at radius 3 is 2.85 bits per heavy atom. The molecule has 1 fully saturated rings. The minimum absolute atomic E-state index is 0.204. The van der Waals surface area contributed by atoms with Crippen LogP contribution in [0.25, 0.3) is 0 Å². The largest absolute Gasteiger partial charge is 0.489 e. The first-order valence-corrected chi connectivity index (χ1v) is 9.23. The van der Waals surface area contributed by atoms with E-state index in [0.29, 0.717) is 36.3 Å². The Morgan fingerprint density at radius 2 is 2.04 bits per heavy atom. The molecule has 0 bridgehead atoms. The molecule has 1 saturated carbocycles. The van der Waals surface area contributed by atoms with Crippen molar-refractivity contribution in [3.63, 3.8) is 0 Å². The first kappa shape index (κ1) is 18.4. The van der Waals surface area contributed by atoms with Crippen molar-refractivity contribution in [1.82, 2.24) is 4.98 Å². The Kier molecular flexibility index (Phi) is 6.61. The number of methoxy groups -OCH3 is 1. The summed E-state index contributed by atoms with van der Waals surface area (Å²) in [5.74, 6) is 1.48. The summed E-state index contributed by atoms with van der Waals surface area (Å²) in [5, 5.41) is 2.87. The van der Waals surface area contributed by atoms with Gasteiger partial charge in [0.2, 0.25) is 0 Å². The quantitative estimate of drug-likeness (QED) is 0.798. The van der Waals surface area contributed by atoms with E-state index in [1.54, 1.807) is 19.4 Å². The van der Waals surface area contributed by atoms with Crippen LogP contribution in [-0.2, 0) is 11.3 Å². The topological polar surface area (TPSA) is 60.5 Å². The van der Waals surface area contributed by atoms with Crippen molar-refractivity contribution in [2.45, 2.75) is 38.7 Å². The number of ether oxygens (including phenoxy) is 2. The fourth-order valence-electron chi connectivity index (χ4n) is 3.31. The molecular formula is C21H26N2O3. The van der Waals surface area contributed by atoms with Crippen LogP contribution >= 0.6 is 0 Å². The van der Waals surface area contributed by atoms with Crippen molar-refractivity contribution in [2.24, 2.45) is 5.92 Å². The Labute approximate surface area is 154 Å². The number of benzene rings is 1. The SMILES string of the molecule is COCc1cccc(C(=O)Nc2ncccc2OCC2CCCCC2)c1. The number of pyridine rings is 1. The molecule has 3 rings (SSSR count). The highest BCUT2D eigenvalue weighted by Crippen LogP contribution is 2.27. The molecule has 5 heteroatoms. The molecule has 0 spiro atoms. The lowest BCUT2D eigenvalue weighted by Crippen LogP contribution is -2.18. The fraction of sp³-hybridized carbons (Fsp3) is 0.429. The van der Waals surface area contributed by atoms with E-state index in [-0.39, 0.29) is 5.91 Å². The van der Waals surface area contributed by atoms with Crippen LogP contribution in [0.15, 0.2) is 42.6 Å². The van der Waals surface area contributed by atoms with Gasteiger partial charge in [0.05, 0.1) is 13.2 Å². The van der Waals surface area contributed by atoms with Crippen LogP contribution in [0.2, 0.25) is 0 Å². The van der Waals surface area contributed by atoms with E-state index in [1.165, 1.54) is 32.1 Å². The van der Waals surface area contributed by atoms with Crippen molar-refractivity contribution in [3.8, 4) is 5.75 Å². The average molecular weight is 354 g/mol. The van der Waals surface area contributed by atoms with Crippen molar-refractivity contribution >= 4 is 11.7 Å². The van der Waals surface area contributed by atoms with E-state index >= 15 is 0 Å². The number of nitrogens with zero attached hydrogens (tertiary/aromatic N) is 1. The molecule has 26 heavy (non-hydrogen) atoms. The third kappa shape index (κ3) is 5.05. The van der Waals surface area contributed by atoms with Crippen LogP contribution in [0.1, 0.15) is 48.0 Å². The molecule has 1 amide bonds. The van der Waals surface area contributed by atoms with Crippen LogP contribution in [0.4, 0.5) is 5.82 Å². The molecule has 1 aromatic heterocycles. The highest BCUT2D eigenvalue weighted by molar-refractivity contribution is 6.04. The third-order valence-electron chi connectivity index (χ3n) is 4.70. The first-order chi connectivity index (χ1) is 12.8. The highest BCUT2D eigenvalue weighted by Gasteiger charge is 2.16. The third-order valence-corrected chi connectivity index (χ3v) is 4.70. The summed E-state index contributed by atoms with van der Waals surface area (Å²) in [6.45, 7) is 1.15. The van der Waals surface area contributed by atoms with Crippen molar-refractivity contribution in [2.75, 3.05) is 19.0 Å². The Bertz CT molecular complexity index is 727. The fourth-order valence-corrected chi connectivity index (χ4v) is 3.31. The van der Waals surface area contributed by atoms with Gasteiger partial charge in [-0.1, -0.05) is 31.4 Å². The zero-order chi connectivity index (χ0) is 18.2. The molecule has 0 radical (unpaired) electrons. The highest BCUT2D eigenvalue weighted by atomic mass is 16.5. The standard InChI is InChI=1S/C21H26N2O3/c1-25-14-17-9-5-10-18(13-17)21(24)23-20-19(11-6-12-22-20)26-15-16-7-3-2-4-8-16/h5-6,9-13,16H,2-4,7-8,14-15H2,1H3,(H,22,23,24). The summed E-state index contributed by atoms with van der Waals surface area (Å²) in [5.41, 5.74) is 1.53. The van der Waals surface area contributed by atoms with Gasteiger partial charge in [-0.25, -0.2) is 4.98 Å². The number of nitrogens with one attached hydrogen (secondary N) is 1. The van der Waals surface area contributed by atoms with Crippen molar-refractivity contribution < 1.29 is 14.3 Å². The zero-order valence-electron chi connectivity index (χ0n) is 15.2. The van der Waals surface area contributed by atoms with E-state index in [4.69, 9.17) is 9.47 Å². The van der Waals surface area contributed by atoms with Gasteiger partial charge in [-0.2, -0.15) is 0 Å². The Morgan fingerprint density at radius 1 is 1.19 bits per heavy atom. The lowest BCUT2D eigenvalue weighted by molar-refractivity contribution is 0.102.